The molecule has 25 heavy (non-hydrogen) atoms. The quantitative estimate of drug-likeness (QED) is 0.572. The van der Waals surface area contributed by atoms with E-state index in [9.17, 15) is 22.5 Å². The van der Waals surface area contributed by atoms with Crippen molar-refractivity contribution in [2.45, 2.75) is 6.18 Å². The molecule has 7 nitrogen and oxygen atoms in total. The van der Waals surface area contributed by atoms with Gasteiger partial charge in [-0.05, 0) is 18.2 Å². The van der Waals surface area contributed by atoms with Gasteiger partial charge in [0.05, 0.1) is 30.8 Å². The number of carbonyl (C=O) groups is 1. The van der Waals surface area contributed by atoms with E-state index < -0.39 is 37.6 Å². The minimum absolute atomic E-state index is 0.0616. The lowest BCUT2D eigenvalue weighted by molar-refractivity contribution is -0.161. The summed E-state index contributed by atoms with van der Waals surface area (Å²) in [5, 5.41) is 0. The first-order chi connectivity index (χ1) is 11.7. The second-order valence-corrected chi connectivity index (χ2v) is 7.41. The molecule has 0 N–H and O–H groups in total. The van der Waals surface area contributed by atoms with Gasteiger partial charge in [0.15, 0.2) is 6.61 Å². The SMILES string of the molecule is O=C(COc1cccc(C(F)(F)F)c1)OCC12COP(=O)(OC1)OC2. The topological polar surface area (TPSA) is 80.3 Å². The third-order valence-electron chi connectivity index (χ3n) is 3.64. The summed E-state index contributed by atoms with van der Waals surface area (Å²) in [6, 6.07) is 4.17. The molecule has 1 aromatic rings. The van der Waals surface area contributed by atoms with Gasteiger partial charge in [-0.15, -0.1) is 0 Å². The Bertz CT molecular complexity index is 675. The first-order valence-corrected chi connectivity index (χ1v) is 8.65. The molecule has 3 aliphatic heterocycles. The van der Waals surface area contributed by atoms with Crippen molar-refractivity contribution in [3.8, 4) is 5.75 Å². The van der Waals surface area contributed by atoms with E-state index in [1.165, 1.54) is 12.1 Å². The lowest BCUT2D eigenvalue weighted by Gasteiger charge is -2.43. The molecule has 2 bridgehead atoms. The molecule has 3 fully saturated rings. The van der Waals surface area contributed by atoms with E-state index in [0.29, 0.717) is 0 Å². The Morgan fingerprint density at radius 2 is 1.84 bits per heavy atom. The third kappa shape index (κ3) is 4.33. The molecule has 0 aliphatic carbocycles. The number of esters is 1. The number of hydrogen-bond donors (Lipinski definition) is 0. The highest BCUT2D eigenvalue weighted by molar-refractivity contribution is 7.48. The van der Waals surface area contributed by atoms with Gasteiger partial charge in [0.1, 0.15) is 12.4 Å². The van der Waals surface area contributed by atoms with Gasteiger partial charge in [0, 0.05) is 0 Å². The number of halogens is 3. The fourth-order valence-corrected chi connectivity index (χ4v) is 3.71. The van der Waals surface area contributed by atoms with Crippen LogP contribution in [0, 0.1) is 5.41 Å². The summed E-state index contributed by atoms with van der Waals surface area (Å²) in [7, 11) is -3.45. The van der Waals surface area contributed by atoms with E-state index in [2.05, 4.69) is 0 Å². The number of phosphoric ester groups is 1. The average molecular weight is 382 g/mol. The van der Waals surface area contributed by atoms with Gasteiger partial charge in [-0.1, -0.05) is 6.07 Å². The summed E-state index contributed by atoms with van der Waals surface area (Å²) in [6.45, 7) is -0.486. The molecule has 0 unspecified atom stereocenters. The van der Waals surface area contributed by atoms with Crippen LogP contribution >= 0.6 is 7.82 Å². The summed E-state index contributed by atoms with van der Waals surface area (Å²) in [4.78, 5) is 11.7. The number of rotatable bonds is 5. The standard InChI is InChI=1S/C14H14F3O7P/c15-14(16,17)10-2-1-3-11(4-10)20-5-12(18)21-6-13-7-22-25(19,23-8-13)24-9-13/h1-4H,5-9H2. The Morgan fingerprint density at radius 3 is 2.44 bits per heavy atom. The Kier molecular flexibility index (Phi) is 4.80. The molecule has 0 atom stereocenters. The van der Waals surface area contributed by atoms with E-state index >= 15 is 0 Å². The van der Waals surface area contributed by atoms with Gasteiger partial charge in [-0.3, -0.25) is 13.6 Å². The summed E-state index contributed by atoms with van der Waals surface area (Å²) in [5.74, 6) is -0.873. The zero-order valence-corrected chi connectivity index (χ0v) is 13.7. The zero-order chi connectivity index (χ0) is 18.1. The maximum atomic E-state index is 12.6. The van der Waals surface area contributed by atoms with E-state index in [1.807, 2.05) is 0 Å². The Balaban J connectivity index is 1.48. The molecule has 3 aliphatic rings. The van der Waals surface area contributed by atoms with Crippen LogP contribution in [-0.4, -0.2) is 39.0 Å². The minimum Gasteiger partial charge on any atom is -0.482 e. The molecule has 0 aromatic heterocycles. The van der Waals surface area contributed by atoms with Crippen LogP contribution in [0.5, 0.6) is 5.75 Å². The highest BCUT2D eigenvalue weighted by Gasteiger charge is 2.51. The smallest absolute Gasteiger partial charge is 0.474 e. The molecule has 0 radical (unpaired) electrons. The van der Waals surface area contributed by atoms with Crippen LogP contribution in [0.1, 0.15) is 5.56 Å². The summed E-state index contributed by atoms with van der Waals surface area (Å²) < 4.78 is 74.3. The van der Waals surface area contributed by atoms with E-state index in [-0.39, 0.29) is 32.2 Å². The van der Waals surface area contributed by atoms with E-state index in [0.717, 1.165) is 12.1 Å². The van der Waals surface area contributed by atoms with Crippen LogP contribution in [-0.2, 0) is 33.8 Å². The number of hydrogen-bond acceptors (Lipinski definition) is 7. The van der Waals surface area contributed by atoms with Crippen molar-refractivity contribution in [2.24, 2.45) is 5.41 Å². The van der Waals surface area contributed by atoms with Gasteiger partial charge in [-0.2, -0.15) is 13.2 Å². The van der Waals surface area contributed by atoms with Crippen molar-refractivity contribution in [1.82, 2.24) is 0 Å². The van der Waals surface area contributed by atoms with Crippen LogP contribution in [0.15, 0.2) is 24.3 Å². The van der Waals surface area contributed by atoms with E-state index in [4.69, 9.17) is 23.0 Å². The Hall–Kier alpha value is -1.61. The number of alkyl halides is 3. The highest BCUT2D eigenvalue weighted by Crippen LogP contribution is 2.59. The van der Waals surface area contributed by atoms with Crippen LogP contribution in [0.25, 0.3) is 0 Å². The second-order valence-electron chi connectivity index (χ2n) is 5.74. The maximum Gasteiger partial charge on any atom is 0.474 e. The molecular formula is C14H14F3O7P. The highest BCUT2D eigenvalue weighted by atomic mass is 31.2. The zero-order valence-electron chi connectivity index (χ0n) is 12.8. The second kappa shape index (κ2) is 6.60. The number of ether oxygens (including phenoxy) is 2. The van der Waals surface area contributed by atoms with Gasteiger partial charge in [0.25, 0.3) is 0 Å². The first-order valence-electron chi connectivity index (χ1n) is 7.19. The normalized spacial score (nSPS) is 28.6. The monoisotopic (exact) mass is 382 g/mol. The molecule has 138 valence electrons. The van der Waals surface area contributed by atoms with Crippen molar-refractivity contribution in [1.29, 1.82) is 0 Å². The Morgan fingerprint density at radius 1 is 1.20 bits per heavy atom. The first kappa shape index (κ1) is 18.2. The summed E-state index contributed by atoms with van der Waals surface area (Å²) in [6.07, 6.45) is -4.50. The predicted molar refractivity (Wildman–Crippen MR) is 75.8 cm³/mol. The lowest BCUT2D eigenvalue weighted by Crippen LogP contribution is -2.48. The summed E-state index contributed by atoms with van der Waals surface area (Å²) in [5.41, 5.74) is -1.63. The molecule has 3 heterocycles. The molecule has 1 aromatic carbocycles. The summed E-state index contributed by atoms with van der Waals surface area (Å²) >= 11 is 0. The van der Waals surface area contributed by atoms with Crippen molar-refractivity contribution < 1.29 is 45.6 Å². The van der Waals surface area contributed by atoms with Crippen LogP contribution in [0.3, 0.4) is 0 Å². The number of benzene rings is 1. The third-order valence-corrected chi connectivity index (χ3v) is 4.98. The lowest BCUT2D eigenvalue weighted by atomic mass is 9.92. The van der Waals surface area contributed by atoms with E-state index in [1.54, 1.807) is 0 Å². The Labute approximate surface area is 140 Å². The molecule has 11 heteroatoms. The molecule has 4 rings (SSSR count). The van der Waals surface area contributed by atoms with Crippen LogP contribution in [0.4, 0.5) is 13.2 Å². The molecule has 3 saturated heterocycles. The van der Waals surface area contributed by atoms with Crippen molar-refractivity contribution in [3.63, 3.8) is 0 Å². The van der Waals surface area contributed by atoms with Crippen molar-refractivity contribution in [2.75, 3.05) is 33.0 Å². The predicted octanol–water partition coefficient (Wildman–Crippen LogP) is 2.80. The minimum atomic E-state index is -4.50. The average Bonchev–Trinajstić information content (AvgIpc) is 2.59. The fraction of sp³-hybridized carbons (Fsp3) is 0.500. The fourth-order valence-electron chi connectivity index (χ4n) is 2.19. The molecular weight excluding hydrogens is 368 g/mol. The van der Waals surface area contributed by atoms with Gasteiger partial charge < -0.3 is 9.47 Å². The largest absolute Gasteiger partial charge is 0.482 e. The molecule has 0 saturated carbocycles. The van der Waals surface area contributed by atoms with Crippen molar-refractivity contribution >= 4 is 13.8 Å². The van der Waals surface area contributed by atoms with Gasteiger partial charge >= 0.3 is 20.0 Å². The maximum absolute atomic E-state index is 12.6. The number of carbonyl (C=O) groups excluding carboxylic acids is 1. The van der Waals surface area contributed by atoms with Gasteiger partial charge in [0.2, 0.25) is 0 Å². The number of fused-ring (bicyclic) bond motifs is 3. The van der Waals surface area contributed by atoms with Crippen LogP contribution < -0.4 is 4.74 Å². The molecule has 0 spiro atoms. The number of phosphoric acid groups is 1. The molecule has 0 amide bonds. The van der Waals surface area contributed by atoms with Crippen LogP contribution in [0.2, 0.25) is 0 Å². The van der Waals surface area contributed by atoms with Gasteiger partial charge in [-0.25, -0.2) is 9.36 Å². The van der Waals surface area contributed by atoms with Crippen molar-refractivity contribution in [3.05, 3.63) is 29.8 Å².